The van der Waals surface area contributed by atoms with Crippen LogP contribution in [0.2, 0.25) is 0 Å². The normalized spacial score (nSPS) is 17.0. The summed E-state index contributed by atoms with van der Waals surface area (Å²) < 4.78 is 0. The molecule has 20 heavy (non-hydrogen) atoms. The van der Waals surface area contributed by atoms with Gasteiger partial charge < -0.3 is 0 Å². The van der Waals surface area contributed by atoms with Gasteiger partial charge in [0.25, 0.3) is 0 Å². The van der Waals surface area contributed by atoms with Gasteiger partial charge in [0.15, 0.2) is 0 Å². The lowest BCUT2D eigenvalue weighted by atomic mass is 9.82. The van der Waals surface area contributed by atoms with Gasteiger partial charge in [-0.1, -0.05) is 30.8 Å². The molecular weight excluding hydrogens is 280 g/mol. The summed E-state index contributed by atoms with van der Waals surface area (Å²) in [5, 5.41) is 0. The largest absolute Gasteiger partial charge is 0.145 e. The number of hydrogen-bond acceptors (Lipinski definition) is 2. The summed E-state index contributed by atoms with van der Waals surface area (Å²) in [7, 11) is 0. The zero-order chi connectivity index (χ0) is 14.7. The second kappa shape index (κ2) is 6.67. The van der Waals surface area contributed by atoms with E-state index in [2.05, 4.69) is 38.6 Å². The van der Waals surface area contributed by atoms with Crippen molar-refractivity contribution < 1.29 is 0 Å². The van der Waals surface area contributed by atoms with E-state index in [1.165, 1.54) is 26.5 Å². The Morgan fingerprint density at radius 2 is 2.30 bits per heavy atom. The van der Waals surface area contributed by atoms with E-state index in [0.717, 1.165) is 24.1 Å². The fourth-order valence-electron chi connectivity index (χ4n) is 2.79. The predicted molar refractivity (Wildman–Crippen MR) is 94.7 cm³/mol. The number of aryl methyl sites for hydroxylation is 1. The van der Waals surface area contributed by atoms with E-state index in [1.807, 2.05) is 24.3 Å². The lowest BCUT2D eigenvalue weighted by Gasteiger charge is -2.24. The molecule has 0 nitrogen and oxygen atoms in total. The first-order chi connectivity index (χ1) is 9.55. The minimum absolute atomic E-state index is 0.427. The topological polar surface area (TPSA) is 0 Å². The van der Waals surface area contributed by atoms with E-state index in [4.69, 9.17) is 12.2 Å². The summed E-state index contributed by atoms with van der Waals surface area (Å²) in [5.41, 5.74) is 7.62. The molecule has 1 unspecified atom stereocenters. The van der Waals surface area contributed by atoms with Crippen LogP contribution < -0.4 is 0 Å². The van der Waals surface area contributed by atoms with Crippen molar-refractivity contribution in [1.82, 2.24) is 0 Å². The Hall–Kier alpha value is -0.950. The number of rotatable bonds is 4. The maximum absolute atomic E-state index is 5.51. The summed E-state index contributed by atoms with van der Waals surface area (Å²) in [6.45, 7) is 8.51. The third-order valence-electron chi connectivity index (χ3n) is 3.83. The number of hydrogen-bond donors (Lipinski definition) is 0. The summed E-state index contributed by atoms with van der Waals surface area (Å²) in [5.74, 6) is 0.427. The van der Waals surface area contributed by atoms with Crippen LogP contribution in [0.15, 0.2) is 29.0 Å². The van der Waals surface area contributed by atoms with E-state index in [0.29, 0.717) is 5.92 Å². The SMILES string of the molecule is CC=C=C(CC)CC1=Cc2cc(C)sc2CC1C(C)=S. The summed E-state index contributed by atoms with van der Waals surface area (Å²) >= 11 is 7.42. The van der Waals surface area contributed by atoms with Gasteiger partial charge >= 0.3 is 0 Å². The summed E-state index contributed by atoms with van der Waals surface area (Å²) in [4.78, 5) is 4.00. The number of fused-ring (bicyclic) bond motifs is 1. The van der Waals surface area contributed by atoms with Crippen molar-refractivity contribution >= 4 is 34.5 Å². The zero-order valence-corrected chi connectivity index (χ0v) is 14.4. The molecule has 0 bridgehead atoms. The Balaban J connectivity index is 2.38. The maximum Gasteiger partial charge on any atom is 0.0164 e. The monoisotopic (exact) mass is 302 g/mol. The molecule has 1 aliphatic carbocycles. The number of thiocarbonyl (C=S) groups is 1. The van der Waals surface area contributed by atoms with Crippen LogP contribution in [0.1, 0.15) is 48.9 Å². The highest BCUT2D eigenvalue weighted by Gasteiger charge is 2.24. The van der Waals surface area contributed by atoms with E-state index < -0.39 is 0 Å². The van der Waals surface area contributed by atoms with Crippen molar-refractivity contribution in [3.8, 4) is 0 Å². The van der Waals surface area contributed by atoms with Gasteiger partial charge in [0.05, 0.1) is 0 Å². The molecule has 0 spiro atoms. The Bertz CT molecular complexity index is 607. The van der Waals surface area contributed by atoms with Gasteiger partial charge in [-0.25, -0.2) is 0 Å². The Kier molecular flexibility index (Phi) is 5.15. The van der Waals surface area contributed by atoms with Crippen molar-refractivity contribution in [2.24, 2.45) is 5.92 Å². The third kappa shape index (κ3) is 3.38. The Morgan fingerprint density at radius 3 is 2.90 bits per heavy atom. The first-order valence-corrected chi connectivity index (χ1v) is 8.46. The molecule has 106 valence electrons. The third-order valence-corrected chi connectivity index (χ3v) is 5.20. The molecule has 0 aromatic carbocycles. The standard InChI is InChI=1S/C18H22S2/c1-5-7-14(6-2)9-15-10-16-8-12(3)20-18(16)11-17(15)13(4)19/h5,8,10,17H,6,9,11H2,1-4H3. The van der Waals surface area contributed by atoms with E-state index >= 15 is 0 Å². The quantitative estimate of drug-likeness (QED) is 0.492. The highest BCUT2D eigenvalue weighted by atomic mass is 32.1. The smallest absolute Gasteiger partial charge is 0.0164 e. The molecule has 1 atom stereocenters. The lowest BCUT2D eigenvalue weighted by molar-refractivity contribution is 0.767. The Labute approximate surface area is 131 Å². The molecule has 1 aromatic heterocycles. The summed E-state index contributed by atoms with van der Waals surface area (Å²) in [6, 6.07) is 2.31. The molecule has 1 aliphatic rings. The van der Waals surface area contributed by atoms with Crippen LogP contribution in [0.3, 0.4) is 0 Å². The highest BCUT2D eigenvalue weighted by Crippen LogP contribution is 2.37. The van der Waals surface area contributed by atoms with Crippen LogP contribution in [0.4, 0.5) is 0 Å². The van der Waals surface area contributed by atoms with Gasteiger partial charge in [0.2, 0.25) is 0 Å². The van der Waals surface area contributed by atoms with Gasteiger partial charge in [-0.15, -0.1) is 17.1 Å². The van der Waals surface area contributed by atoms with Crippen molar-refractivity contribution in [1.29, 1.82) is 0 Å². The van der Waals surface area contributed by atoms with E-state index in [1.54, 1.807) is 0 Å². The van der Waals surface area contributed by atoms with Crippen LogP contribution in [0, 0.1) is 12.8 Å². The molecular formula is C18H22S2. The van der Waals surface area contributed by atoms with E-state index in [9.17, 15) is 0 Å². The predicted octanol–water partition coefficient (Wildman–Crippen LogP) is 5.90. The molecule has 0 N–H and O–H groups in total. The van der Waals surface area contributed by atoms with Crippen molar-refractivity contribution in [3.63, 3.8) is 0 Å². The van der Waals surface area contributed by atoms with Gasteiger partial charge in [-0.05, 0) is 68.2 Å². The fourth-order valence-corrected chi connectivity index (χ4v) is 4.08. The molecule has 0 saturated heterocycles. The molecule has 2 heteroatoms. The number of thiophene rings is 1. The van der Waals surface area contributed by atoms with Crippen LogP contribution in [0.25, 0.3) is 6.08 Å². The average molecular weight is 303 g/mol. The Morgan fingerprint density at radius 1 is 1.55 bits per heavy atom. The van der Waals surface area contributed by atoms with Gasteiger partial charge in [-0.3, -0.25) is 0 Å². The average Bonchev–Trinajstić information content (AvgIpc) is 2.76. The molecule has 0 saturated carbocycles. The van der Waals surface area contributed by atoms with Crippen molar-refractivity contribution in [2.45, 2.75) is 47.0 Å². The fraction of sp³-hybridized carbons (Fsp3) is 0.444. The molecule has 1 heterocycles. The zero-order valence-electron chi connectivity index (χ0n) is 12.7. The van der Waals surface area contributed by atoms with Crippen LogP contribution in [-0.4, -0.2) is 4.86 Å². The molecule has 0 amide bonds. The van der Waals surface area contributed by atoms with Crippen molar-refractivity contribution in [3.05, 3.63) is 44.3 Å². The van der Waals surface area contributed by atoms with Gasteiger partial charge in [-0.2, -0.15) is 0 Å². The minimum Gasteiger partial charge on any atom is -0.145 e. The van der Waals surface area contributed by atoms with Gasteiger partial charge in [0.1, 0.15) is 0 Å². The van der Waals surface area contributed by atoms with Crippen LogP contribution in [0.5, 0.6) is 0 Å². The number of allylic oxidation sites excluding steroid dienone is 2. The van der Waals surface area contributed by atoms with Crippen LogP contribution in [-0.2, 0) is 6.42 Å². The first-order valence-electron chi connectivity index (χ1n) is 7.24. The molecule has 0 radical (unpaired) electrons. The van der Waals surface area contributed by atoms with Crippen LogP contribution >= 0.6 is 23.6 Å². The van der Waals surface area contributed by atoms with Crippen molar-refractivity contribution in [2.75, 3.05) is 0 Å². The summed E-state index contributed by atoms with van der Waals surface area (Å²) in [6.07, 6.45) is 7.54. The molecule has 2 rings (SSSR count). The second-order valence-electron chi connectivity index (χ2n) is 5.39. The minimum atomic E-state index is 0.427. The molecule has 0 fully saturated rings. The van der Waals surface area contributed by atoms with Gasteiger partial charge in [0, 0.05) is 15.7 Å². The maximum atomic E-state index is 5.51. The highest BCUT2D eigenvalue weighted by molar-refractivity contribution is 7.80. The molecule has 1 aromatic rings. The molecule has 0 aliphatic heterocycles. The second-order valence-corrected chi connectivity index (χ2v) is 7.37. The lowest BCUT2D eigenvalue weighted by Crippen LogP contribution is -2.18. The van der Waals surface area contributed by atoms with E-state index in [-0.39, 0.29) is 0 Å². The first kappa shape index (κ1) is 15.4.